The highest BCUT2D eigenvalue weighted by molar-refractivity contribution is 6.16. The first kappa shape index (κ1) is 13.6. The zero-order chi connectivity index (χ0) is 13.7. The van der Waals surface area contributed by atoms with E-state index in [1.807, 2.05) is 0 Å². The monoisotopic (exact) mass is 284 g/mol. The Morgan fingerprint density at radius 2 is 2.11 bits per heavy atom. The molecular weight excluding hydrogens is 274 g/mol. The van der Waals surface area contributed by atoms with Crippen molar-refractivity contribution in [2.24, 2.45) is 0 Å². The first-order valence-electron chi connectivity index (χ1n) is 5.34. The molecular formula is C11H11ClN3O4-. The Morgan fingerprint density at radius 1 is 1.37 bits per heavy atom. The van der Waals surface area contributed by atoms with Gasteiger partial charge in [0.15, 0.2) is 6.61 Å². The minimum absolute atomic E-state index is 0.158. The predicted molar refractivity (Wildman–Crippen MR) is 67.5 cm³/mol. The van der Waals surface area contributed by atoms with Crippen LogP contribution in [0.2, 0.25) is 0 Å². The molecule has 1 aromatic heterocycles. The zero-order valence-electron chi connectivity index (χ0n) is 10.1. The molecule has 0 spiro atoms. The molecule has 102 valence electrons. The molecule has 19 heavy (non-hydrogen) atoms. The maximum Gasteiger partial charge on any atom is 0.241 e. The third-order valence-electron chi connectivity index (χ3n) is 2.21. The van der Waals surface area contributed by atoms with Gasteiger partial charge in [0.25, 0.3) is 0 Å². The van der Waals surface area contributed by atoms with Crippen LogP contribution in [-0.4, -0.2) is 17.3 Å². The van der Waals surface area contributed by atoms with Crippen molar-refractivity contribution >= 4 is 17.3 Å². The molecule has 0 N–H and O–H groups in total. The number of ether oxygens (including phenoxy) is 1. The molecule has 0 bridgehead atoms. The lowest BCUT2D eigenvalue weighted by atomic mass is 10.3. The molecule has 7 nitrogen and oxygen atoms in total. The minimum atomic E-state index is 0.158. The van der Waals surface area contributed by atoms with E-state index < -0.39 is 0 Å². The lowest BCUT2D eigenvalue weighted by Gasteiger charge is -2.26. The Kier molecular flexibility index (Phi) is 4.56. The summed E-state index contributed by atoms with van der Waals surface area (Å²) in [5.74, 6) is 1.49. The van der Waals surface area contributed by atoms with Gasteiger partial charge in [-0.1, -0.05) is 5.16 Å². The van der Waals surface area contributed by atoms with Gasteiger partial charge in [0.05, 0.1) is 12.8 Å². The summed E-state index contributed by atoms with van der Waals surface area (Å²) in [5, 5.41) is 15.2. The summed E-state index contributed by atoms with van der Waals surface area (Å²) >= 11 is 5.54. The Balaban J connectivity index is 1.92. The fraction of sp³-hybridized carbons (Fsp3) is 0.273. The van der Waals surface area contributed by atoms with Crippen molar-refractivity contribution in [2.75, 3.05) is 12.3 Å². The third kappa shape index (κ3) is 3.57. The summed E-state index contributed by atoms with van der Waals surface area (Å²) < 4.78 is 10.3. The largest absolute Gasteiger partial charge is 0.733 e. The molecule has 0 amide bonds. The number of nitrogens with zero attached hydrogens (tertiary/aromatic N) is 3. The van der Waals surface area contributed by atoms with Crippen molar-refractivity contribution in [1.82, 2.24) is 10.1 Å². The van der Waals surface area contributed by atoms with Crippen LogP contribution in [0.1, 0.15) is 11.7 Å². The highest BCUT2D eigenvalue weighted by Gasteiger charge is 2.05. The molecule has 0 radical (unpaired) electrons. The van der Waals surface area contributed by atoms with Gasteiger partial charge < -0.3 is 19.7 Å². The van der Waals surface area contributed by atoms with Gasteiger partial charge in [-0.2, -0.15) is 4.98 Å². The Morgan fingerprint density at radius 3 is 2.68 bits per heavy atom. The lowest BCUT2D eigenvalue weighted by molar-refractivity contribution is 0.197. The fourth-order valence-corrected chi connectivity index (χ4v) is 1.43. The summed E-state index contributed by atoms with van der Waals surface area (Å²) in [4.78, 5) is 8.50. The molecule has 0 fully saturated rings. The Hall–Kier alpha value is -1.83. The quantitative estimate of drug-likeness (QED) is 0.594. The predicted octanol–water partition coefficient (Wildman–Crippen LogP) is 2.25. The summed E-state index contributed by atoms with van der Waals surface area (Å²) in [6, 6.07) is 6.43. The standard InChI is InChI=1S/C11H11ClN3O4/c1-17-15(16)8-2-4-9(5-3-8)18-7-10-13-11(6-12)19-14-10/h2-5H,6-7H2,1H3/q-1. The molecule has 1 heterocycles. The summed E-state index contributed by atoms with van der Waals surface area (Å²) in [6.45, 7) is 0.158. The average molecular weight is 285 g/mol. The van der Waals surface area contributed by atoms with E-state index in [0.29, 0.717) is 28.4 Å². The minimum Gasteiger partial charge on any atom is -0.733 e. The van der Waals surface area contributed by atoms with Crippen molar-refractivity contribution in [3.05, 3.63) is 41.2 Å². The number of alkyl halides is 1. The van der Waals surface area contributed by atoms with Gasteiger partial charge in [0, 0.05) is 0 Å². The number of benzene rings is 1. The summed E-state index contributed by atoms with van der Waals surface area (Å²) in [5.41, 5.74) is 0.374. The zero-order valence-corrected chi connectivity index (χ0v) is 10.8. The Bertz CT molecular complexity index is 517. The molecule has 2 rings (SSSR count). The smallest absolute Gasteiger partial charge is 0.241 e. The van der Waals surface area contributed by atoms with Crippen molar-refractivity contribution < 1.29 is 14.1 Å². The van der Waals surface area contributed by atoms with Crippen molar-refractivity contribution in [3.63, 3.8) is 0 Å². The van der Waals surface area contributed by atoms with Crippen LogP contribution in [0.25, 0.3) is 0 Å². The highest BCUT2D eigenvalue weighted by atomic mass is 35.5. The molecule has 0 aliphatic carbocycles. The van der Waals surface area contributed by atoms with Gasteiger partial charge in [0.1, 0.15) is 11.6 Å². The van der Waals surface area contributed by atoms with Crippen molar-refractivity contribution in [3.8, 4) is 5.75 Å². The van der Waals surface area contributed by atoms with Crippen LogP contribution in [0.3, 0.4) is 0 Å². The molecule has 1 aromatic carbocycles. The van der Waals surface area contributed by atoms with Crippen LogP contribution in [0.15, 0.2) is 28.8 Å². The van der Waals surface area contributed by atoms with E-state index >= 15 is 0 Å². The first-order chi connectivity index (χ1) is 9.22. The molecule has 0 aliphatic heterocycles. The van der Waals surface area contributed by atoms with Gasteiger partial charge >= 0.3 is 0 Å². The van der Waals surface area contributed by atoms with Crippen LogP contribution in [0.4, 0.5) is 5.69 Å². The second kappa shape index (κ2) is 6.37. The van der Waals surface area contributed by atoms with Crippen LogP contribution >= 0.6 is 11.6 Å². The first-order valence-corrected chi connectivity index (χ1v) is 5.88. The number of anilines is 1. The molecule has 0 unspecified atom stereocenters. The van der Waals surface area contributed by atoms with E-state index in [0.717, 1.165) is 0 Å². The van der Waals surface area contributed by atoms with Crippen LogP contribution in [-0.2, 0) is 17.3 Å². The SMILES string of the molecule is CON([O-])c1ccc(OCc2noc(CCl)n2)cc1. The average Bonchev–Trinajstić information content (AvgIpc) is 2.93. The van der Waals surface area contributed by atoms with Gasteiger partial charge in [0.2, 0.25) is 11.7 Å². The van der Waals surface area contributed by atoms with Gasteiger partial charge in [-0.3, -0.25) is 4.84 Å². The molecule has 0 saturated heterocycles. The van der Waals surface area contributed by atoms with Gasteiger partial charge in [-0.15, -0.1) is 11.6 Å². The third-order valence-corrected chi connectivity index (χ3v) is 2.43. The molecule has 2 aromatic rings. The van der Waals surface area contributed by atoms with Crippen molar-refractivity contribution in [2.45, 2.75) is 12.5 Å². The van der Waals surface area contributed by atoms with E-state index in [9.17, 15) is 5.21 Å². The van der Waals surface area contributed by atoms with E-state index in [2.05, 4.69) is 15.0 Å². The van der Waals surface area contributed by atoms with Gasteiger partial charge in [-0.05, 0) is 24.3 Å². The number of rotatable bonds is 6. The summed E-state index contributed by atoms with van der Waals surface area (Å²) in [6.07, 6.45) is 0. The lowest BCUT2D eigenvalue weighted by Crippen LogP contribution is -2.11. The number of hydrogen-bond donors (Lipinski definition) is 0. The normalized spacial score (nSPS) is 10.5. The number of halogens is 1. The number of hydrogen-bond acceptors (Lipinski definition) is 7. The summed E-state index contributed by atoms with van der Waals surface area (Å²) in [7, 11) is 1.29. The molecule has 0 saturated carbocycles. The van der Waals surface area contributed by atoms with E-state index in [1.54, 1.807) is 24.3 Å². The van der Waals surface area contributed by atoms with Crippen molar-refractivity contribution in [1.29, 1.82) is 0 Å². The fourth-order valence-electron chi connectivity index (χ4n) is 1.32. The van der Waals surface area contributed by atoms with Crippen LogP contribution < -0.4 is 9.96 Å². The topological polar surface area (TPSA) is 83.7 Å². The molecule has 8 heteroatoms. The molecule has 0 atom stereocenters. The second-order valence-corrected chi connectivity index (χ2v) is 3.73. The molecule has 0 aliphatic rings. The van der Waals surface area contributed by atoms with E-state index in [-0.39, 0.29) is 12.5 Å². The van der Waals surface area contributed by atoms with Crippen LogP contribution in [0.5, 0.6) is 5.75 Å². The maximum atomic E-state index is 11.1. The second-order valence-electron chi connectivity index (χ2n) is 3.46. The van der Waals surface area contributed by atoms with E-state index in [1.165, 1.54) is 7.11 Å². The highest BCUT2D eigenvalue weighted by Crippen LogP contribution is 2.19. The van der Waals surface area contributed by atoms with E-state index in [4.69, 9.17) is 20.9 Å². The number of aromatic nitrogens is 2. The van der Waals surface area contributed by atoms with Gasteiger partial charge in [-0.25, -0.2) is 0 Å². The Labute approximate surface area is 114 Å². The van der Waals surface area contributed by atoms with Crippen LogP contribution in [0, 0.1) is 5.21 Å². The maximum absolute atomic E-state index is 11.1.